The minimum Gasteiger partial charge on any atom is -0.386 e. The van der Waals surface area contributed by atoms with Gasteiger partial charge in [0.25, 0.3) is 0 Å². The molecule has 0 aromatic heterocycles. The molecule has 2 bridgehead atoms. The Labute approximate surface area is 106 Å². The maximum Gasteiger partial charge on any atom is 0.0990 e. The van der Waals surface area contributed by atoms with E-state index in [1.54, 1.807) is 0 Å². The molecule has 0 spiro atoms. The van der Waals surface area contributed by atoms with Crippen molar-refractivity contribution in [2.45, 2.75) is 18.2 Å². The summed E-state index contributed by atoms with van der Waals surface area (Å²) in [6, 6.07) is 17.1. The van der Waals surface area contributed by atoms with Crippen molar-refractivity contribution in [3.05, 3.63) is 70.8 Å². The van der Waals surface area contributed by atoms with Gasteiger partial charge >= 0.3 is 0 Å². The highest BCUT2D eigenvalue weighted by Crippen LogP contribution is 2.54. The van der Waals surface area contributed by atoms with Crippen molar-refractivity contribution < 1.29 is 5.11 Å². The number of aliphatic hydroxyl groups excluding tert-OH is 1. The van der Waals surface area contributed by atoms with E-state index in [4.69, 9.17) is 0 Å². The first-order valence-electron chi connectivity index (χ1n) is 6.36. The minimum absolute atomic E-state index is 0.0982. The Morgan fingerprint density at radius 3 is 2.00 bits per heavy atom. The summed E-state index contributed by atoms with van der Waals surface area (Å²) in [5.74, 6) is 0. The zero-order chi connectivity index (χ0) is 12.3. The predicted octanol–water partition coefficient (Wildman–Crippen LogP) is 2.81. The van der Waals surface area contributed by atoms with E-state index in [0.29, 0.717) is 6.04 Å². The molecule has 2 nitrogen and oxygen atoms in total. The Balaban J connectivity index is 2.04. The lowest BCUT2D eigenvalue weighted by atomic mass is 9.90. The summed E-state index contributed by atoms with van der Waals surface area (Å²) >= 11 is 0. The highest BCUT2D eigenvalue weighted by atomic mass is 16.3. The molecular formula is C16H15NO. The Morgan fingerprint density at radius 2 is 1.33 bits per heavy atom. The van der Waals surface area contributed by atoms with Gasteiger partial charge in [-0.25, -0.2) is 0 Å². The summed E-state index contributed by atoms with van der Waals surface area (Å²) in [4.78, 5) is 2.29. The predicted molar refractivity (Wildman–Crippen MR) is 70.2 cm³/mol. The first kappa shape index (κ1) is 10.3. The van der Waals surface area contributed by atoms with E-state index in [1.165, 1.54) is 16.7 Å². The topological polar surface area (TPSA) is 23.5 Å². The van der Waals surface area contributed by atoms with Crippen LogP contribution in [0, 0.1) is 0 Å². The summed E-state index contributed by atoms with van der Waals surface area (Å²) in [5, 5.41) is 10.6. The Bertz CT molecular complexity index is 622. The fourth-order valence-electron chi connectivity index (χ4n) is 3.61. The molecule has 0 aliphatic carbocycles. The second-order valence-corrected chi connectivity index (χ2v) is 5.22. The number of hydrogen-bond acceptors (Lipinski definition) is 2. The van der Waals surface area contributed by atoms with Crippen LogP contribution in [-0.4, -0.2) is 17.1 Å². The van der Waals surface area contributed by atoms with Gasteiger partial charge in [-0.15, -0.1) is 0 Å². The third kappa shape index (κ3) is 1.10. The van der Waals surface area contributed by atoms with Crippen LogP contribution < -0.4 is 0 Å². The molecule has 2 aliphatic rings. The second-order valence-electron chi connectivity index (χ2n) is 5.22. The van der Waals surface area contributed by atoms with Crippen LogP contribution >= 0.6 is 0 Å². The van der Waals surface area contributed by atoms with Crippen molar-refractivity contribution in [3.8, 4) is 0 Å². The third-order valence-electron chi connectivity index (χ3n) is 4.36. The molecule has 0 radical (unpaired) electrons. The quantitative estimate of drug-likeness (QED) is 0.761. The van der Waals surface area contributed by atoms with Gasteiger partial charge in [0.15, 0.2) is 0 Å². The smallest absolute Gasteiger partial charge is 0.0990 e. The normalized spacial score (nSPS) is 28.9. The van der Waals surface area contributed by atoms with E-state index in [-0.39, 0.29) is 6.04 Å². The Kier molecular flexibility index (Phi) is 1.97. The van der Waals surface area contributed by atoms with Crippen LogP contribution in [0.2, 0.25) is 0 Å². The number of hydrogen-bond donors (Lipinski definition) is 1. The molecular weight excluding hydrogens is 222 g/mol. The van der Waals surface area contributed by atoms with Crippen LogP contribution in [0.25, 0.3) is 0 Å². The molecule has 2 aliphatic heterocycles. The van der Waals surface area contributed by atoms with Crippen LogP contribution in [0.15, 0.2) is 48.5 Å². The van der Waals surface area contributed by atoms with Crippen molar-refractivity contribution in [1.29, 1.82) is 0 Å². The van der Waals surface area contributed by atoms with Gasteiger partial charge in [0.1, 0.15) is 0 Å². The molecule has 4 rings (SSSR count). The molecule has 2 aromatic rings. The minimum atomic E-state index is -0.425. The van der Waals surface area contributed by atoms with E-state index < -0.39 is 6.10 Å². The van der Waals surface area contributed by atoms with Gasteiger partial charge in [-0.05, 0) is 29.3 Å². The average Bonchev–Trinajstić information content (AvgIpc) is 2.63. The van der Waals surface area contributed by atoms with Crippen molar-refractivity contribution in [3.63, 3.8) is 0 Å². The first-order chi connectivity index (χ1) is 8.79. The molecule has 2 aromatic carbocycles. The molecule has 0 amide bonds. The number of nitrogens with zero attached hydrogens (tertiary/aromatic N) is 1. The van der Waals surface area contributed by atoms with Gasteiger partial charge in [-0.2, -0.15) is 0 Å². The highest BCUT2D eigenvalue weighted by molar-refractivity contribution is 5.51. The lowest BCUT2D eigenvalue weighted by Crippen LogP contribution is -2.32. The van der Waals surface area contributed by atoms with Crippen LogP contribution in [-0.2, 0) is 0 Å². The molecule has 1 N–H and O–H groups in total. The standard InChI is InChI=1S/C16H15NO/c1-17-14-10-6-2-3-7-11(10)15(17)16(18)13-9-5-4-8-12(13)14/h2-9,14-16,18H,1H3/t14-,15+,16-/m1/s1. The maximum atomic E-state index is 10.6. The van der Waals surface area contributed by atoms with E-state index in [0.717, 1.165) is 5.56 Å². The van der Waals surface area contributed by atoms with Crippen LogP contribution in [0.1, 0.15) is 40.4 Å². The molecule has 3 atom stereocenters. The first-order valence-corrected chi connectivity index (χ1v) is 6.36. The summed E-state index contributed by atoms with van der Waals surface area (Å²) in [6.07, 6.45) is -0.425. The van der Waals surface area contributed by atoms with Crippen molar-refractivity contribution >= 4 is 0 Å². The summed E-state index contributed by atoms with van der Waals surface area (Å²) in [7, 11) is 2.11. The molecule has 0 fully saturated rings. The number of fused-ring (bicyclic) bond motifs is 7. The molecule has 0 saturated heterocycles. The van der Waals surface area contributed by atoms with Gasteiger partial charge in [0.2, 0.25) is 0 Å². The second kappa shape index (κ2) is 3.44. The Hall–Kier alpha value is -1.64. The zero-order valence-electron chi connectivity index (χ0n) is 10.2. The van der Waals surface area contributed by atoms with E-state index in [2.05, 4.69) is 54.4 Å². The van der Waals surface area contributed by atoms with Crippen molar-refractivity contribution in [2.24, 2.45) is 0 Å². The lowest BCUT2D eigenvalue weighted by molar-refractivity contribution is 0.0453. The molecule has 0 unspecified atom stereocenters. The van der Waals surface area contributed by atoms with Gasteiger partial charge in [-0.1, -0.05) is 48.5 Å². The number of benzene rings is 2. The Morgan fingerprint density at radius 1 is 0.833 bits per heavy atom. The largest absolute Gasteiger partial charge is 0.386 e. The molecule has 2 heterocycles. The van der Waals surface area contributed by atoms with Crippen LogP contribution in [0.3, 0.4) is 0 Å². The van der Waals surface area contributed by atoms with Crippen LogP contribution in [0.4, 0.5) is 0 Å². The fraction of sp³-hybridized carbons (Fsp3) is 0.250. The van der Waals surface area contributed by atoms with E-state index in [9.17, 15) is 5.11 Å². The van der Waals surface area contributed by atoms with Crippen LogP contribution in [0.5, 0.6) is 0 Å². The molecule has 0 saturated carbocycles. The number of aliphatic hydroxyl groups is 1. The van der Waals surface area contributed by atoms with E-state index in [1.807, 2.05) is 6.07 Å². The fourth-order valence-corrected chi connectivity index (χ4v) is 3.61. The maximum absolute atomic E-state index is 10.6. The lowest BCUT2D eigenvalue weighted by Gasteiger charge is -2.37. The number of rotatable bonds is 0. The summed E-state index contributed by atoms with van der Waals surface area (Å²) in [6.45, 7) is 0. The van der Waals surface area contributed by atoms with Gasteiger partial charge in [0, 0.05) is 0 Å². The molecule has 90 valence electrons. The SMILES string of the molecule is CN1[C@H]2c3ccccc3[C@@H](O)[C@@H]1c1ccccc12. The molecule has 2 heteroatoms. The highest BCUT2D eigenvalue weighted by Gasteiger charge is 2.46. The van der Waals surface area contributed by atoms with Crippen molar-refractivity contribution in [1.82, 2.24) is 4.90 Å². The summed E-state index contributed by atoms with van der Waals surface area (Å²) < 4.78 is 0. The van der Waals surface area contributed by atoms with Gasteiger partial charge in [0.05, 0.1) is 18.2 Å². The van der Waals surface area contributed by atoms with Gasteiger partial charge < -0.3 is 5.11 Å². The molecule has 18 heavy (non-hydrogen) atoms. The van der Waals surface area contributed by atoms with E-state index >= 15 is 0 Å². The number of likely N-dealkylation sites (N-methyl/N-ethyl adjacent to an activating group) is 1. The van der Waals surface area contributed by atoms with Gasteiger partial charge in [-0.3, -0.25) is 4.90 Å². The zero-order valence-corrected chi connectivity index (χ0v) is 10.2. The van der Waals surface area contributed by atoms with Crippen molar-refractivity contribution in [2.75, 3.05) is 7.05 Å². The summed E-state index contributed by atoms with van der Waals surface area (Å²) in [5.41, 5.74) is 4.94. The average molecular weight is 237 g/mol. The monoisotopic (exact) mass is 237 g/mol. The third-order valence-corrected chi connectivity index (χ3v) is 4.36.